The fraction of sp³-hybridized carbons (Fsp3) is 0. The number of halogens is 1. The first-order chi connectivity index (χ1) is 18.2. The Kier molecular flexibility index (Phi) is 6.45. The number of benzene rings is 5. The number of hydrogen-bond acceptors (Lipinski definition) is 2. The summed E-state index contributed by atoms with van der Waals surface area (Å²) < 4.78 is 1.06. The Morgan fingerprint density at radius 2 is 0.838 bits per heavy atom. The minimum absolute atomic E-state index is 0.716. The molecule has 0 radical (unpaired) electrons. The molecule has 176 valence electrons. The van der Waals surface area contributed by atoms with E-state index < -0.39 is 0 Å². The van der Waals surface area contributed by atoms with E-state index in [-0.39, 0.29) is 0 Å². The molecule has 0 amide bonds. The van der Waals surface area contributed by atoms with Gasteiger partial charge in [0.15, 0.2) is 5.82 Å². The van der Waals surface area contributed by atoms with Gasteiger partial charge in [0, 0.05) is 21.2 Å². The normalized spacial score (nSPS) is 10.8. The van der Waals surface area contributed by atoms with E-state index in [1.165, 1.54) is 11.1 Å². The highest BCUT2D eigenvalue weighted by molar-refractivity contribution is 9.10. The summed E-state index contributed by atoms with van der Waals surface area (Å²) in [7, 11) is 0. The van der Waals surface area contributed by atoms with Crippen LogP contribution in [0.5, 0.6) is 0 Å². The Labute approximate surface area is 225 Å². The molecule has 6 aromatic rings. The highest BCUT2D eigenvalue weighted by Gasteiger charge is 2.12. The van der Waals surface area contributed by atoms with Crippen molar-refractivity contribution in [2.45, 2.75) is 0 Å². The third-order valence-electron chi connectivity index (χ3n) is 6.36. The van der Waals surface area contributed by atoms with E-state index >= 15 is 0 Å². The molecule has 0 N–H and O–H groups in total. The molecule has 1 aromatic heterocycles. The molecule has 0 aliphatic rings. The molecule has 0 bridgehead atoms. The van der Waals surface area contributed by atoms with Gasteiger partial charge >= 0.3 is 0 Å². The molecule has 0 aliphatic carbocycles. The third kappa shape index (κ3) is 5.13. The first-order valence-electron chi connectivity index (χ1n) is 12.2. The lowest BCUT2D eigenvalue weighted by atomic mass is 9.99. The SMILES string of the molecule is Brc1cccc(-c2cccc(-c3cc(-c4ccc(-c5ccccc5)cc4)nc(-c4ccccc4)n3)c2)c1. The minimum Gasteiger partial charge on any atom is -0.228 e. The predicted molar refractivity (Wildman–Crippen MR) is 157 cm³/mol. The molecule has 3 heteroatoms. The molecular weight excluding hydrogens is 516 g/mol. The predicted octanol–water partition coefficient (Wildman–Crippen LogP) is 9.57. The largest absolute Gasteiger partial charge is 0.228 e. The number of aromatic nitrogens is 2. The Morgan fingerprint density at radius 3 is 1.51 bits per heavy atom. The molecule has 6 rings (SSSR count). The molecular formula is C34H23BrN2. The molecule has 0 spiro atoms. The number of rotatable bonds is 5. The zero-order chi connectivity index (χ0) is 25.0. The molecule has 0 aliphatic heterocycles. The van der Waals surface area contributed by atoms with Gasteiger partial charge in [-0.2, -0.15) is 0 Å². The fourth-order valence-electron chi connectivity index (χ4n) is 4.45. The van der Waals surface area contributed by atoms with Crippen LogP contribution in [0.3, 0.4) is 0 Å². The van der Waals surface area contributed by atoms with Crippen molar-refractivity contribution >= 4 is 15.9 Å². The Balaban J connectivity index is 1.45. The van der Waals surface area contributed by atoms with Crippen molar-refractivity contribution in [2.24, 2.45) is 0 Å². The van der Waals surface area contributed by atoms with Gasteiger partial charge in [-0.1, -0.05) is 131 Å². The fourth-order valence-corrected chi connectivity index (χ4v) is 4.85. The minimum atomic E-state index is 0.716. The Hall–Kier alpha value is -4.34. The van der Waals surface area contributed by atoms with Gasteiger partial charge in [0.05, 0.1) is 11.4 Å². The summed E-state index contributed by atoms with van der Waals surface area (Å²) >= 11 is 3.59. The second-order valence-corrected chi connectivity index (χ2v) is 9.78. The number of hydrogen-bond donors (Lipinski definition) is 0. The monoisotopic (exact) mass is 538 g/mol. The quantitative estimate of drug-likeness (QED) is 0.218. The Morgan fingerprint density at radius 1 is 0.351 bits per heavy atom. The maximum atomic E-state index is 5.00. The van der Waals surface area contributed by atoms with Crippen LogP contribution in [-0.2, 0) is 0 Å². The van der Waals surface area contributed by atoms with Crippen LogP contribution in [0.1, 0.15) is 0 Å². The van der Waals surface area contributed by atoms with E-state index in [9.17, 15) is 0 Å². The van der Waals surface area contributed by atoms with Gasteiger partial charge in [-0.15, -0.1) is 0 Å². The average Bonchev–Trinajstić information content (AvgIpc) is 2.98. The molecule has 0 saturated carbocycles. The smallest absolute Gasteiger partial charge is 0.160 e. The molecule has 5 aromatic carbocycles. The standard InChI is InChI=1S/C34H23BrN2/c35-31-16-8-14-29(22-31)28-13-7-15-30(21-28)33-23-32(36-34(37-33)27-11-5-2-6-12-27)26-19-17-25(18-20-26)24-9-3-1-4-10-24/h1-23H. The lowest BCUT2D eigenvalue weighted by Gasteiger charge is -2.11. The van der Waals surface area contributed by atoms with Crippen LogP contribution in [0.25, 0.3) is 56.2 Å². The van der Waals surface area contributed by atoms with Crippen molar-refractivity contribution in [3.8, 4) is 56.2 Å². The maximum Gasteiger partial charge on any atom is 0.160 e. The van der Waals surface area contributed by atoms with Crippen LogP contribution in [0.4, 0.5) is 0 Å². The van der Waals surface area contributed by atoms with Crippen molar-refractivity contribution in [3.63, 3.8) is 0 Å². The second kappa shape index (κ2) is 10.3. The topological polar surface area (TPSA) is 25.8 Å². The first kappa shape index (κ1) is 23.1. The van der Waals surface area contributed by atoms with Crippen molar-refractivity contribution in [1.82, 2.24) is 9.97 Å². The van der Waals surface area contributed by atoms with Crippen molar-refractivity contribution in [2.75, 3.05) is 0 Å². The van der Waals surface area contributed by atoms with E-state index in [2.05, 4.69) is 125 Å². The van der Waals surface area contributed by atoms with Crippen LogP contribution < -0.4 is 0 Å². The highest BCUT2D eigenvalue weighted by atomic mass is 79.9. The number of nitrogens with zero attached hydrogens (tertiary/aromatic N) is 2. The van der Waals surface area contributed by atoms with E-state index in [0.717, 1.165) is 43.7 Å². The highest BCUT2D eigenvalue weighted by Crippen LogP contribution is 2.31. The second-order valence-electron chi connectivity index (χ2n) is 8.86. The summed E-state index contributed by atoms with van der Waals surface area (Å²) in [6, 6.07) is 48.1. The average molecular weight is 539 g/mol. The van der Waals surface area contributed by atoms with Crippen molar-refractivity contribution in [3.05, 3.63) is 144 Å². The lowest BCUT2D eigenvalue weighted by Crippen LogP contribution is -1.96. The van der Waals surface area contributed by atoms with Gasteiger partial charge in [0.25, 0.3) is 0 Å². The zero-order valence-corrected chi connectivity index (χ0v) is 21.6. The third-order valence-corrected chi connectivity index (χ3v) is 6.86. The summed E-state index contributed by atoms with van der Waals surface area (Å²) in [5, 5.41) is 0. The van der Waals surface area contributed by atoms with Crippen LogP contribution in [0.2, 0.25) is 0 Å². The summed E-state index contributed by atoms with van der Waals surface area (Å²) in [5.74, 6) is 0.716. The van der Waals surface area contributed by atoms with Gasteiger partial charge in [-0.05, 0) is 46.5 Å². The first-order valence-corrected chi connectivity index (χ1v) is 13.0. The van der Waals surface area contributed by atoms with Crippen LogP contribution >= 0.6 is 15.9 Å². The molecule has 0 unspecified atom stereocenters. The lowest BCUT2D eigenvalue weighted by molar-refractivity contribution is 1.18. The zero-order valence-electron chi connectivity index (χ0n) is 20.1. The summed E-state index contributed by atoms with van der Waals surface area (Å²) in [6.07, 6.45) is 0. The summed E-state index contributed by atoms with van der Waals surface area (Å²) in [5.41, 5.74) is 9.59. The van der Waals surface area contributed by atoms with E-state index in [1.807, 2.05) is 30.3 Å². The van der Waals surface area contributed by atoms with Gasteiger partial charge in [0.1, 0.15) is 0 Å². The van der Waals surface area contributed by atoms with Gasteiger partial charge in [-0.25, -0.2) is 9.97 Å². The molecule has 0 saturated heterocycles. The molecule has 0 atom stereocenters. The van der Waals surface area contributed by atoms with Gasteiger partial charge < -0.3 is 0 Å². The van der Waals surface area contributed by atoms with E-state index in [0.29, 0.717) is 5.82 Å². The summed E-state index contributed by atoms with van der Waals surface area (Å²) in [4.78, 5) is 9.97. The van der Waals surface area contributed by atoms with Gasteiger partial charge in [-0.3, -0.25) is 0 Å². The molecule has 0 fully saturated rings. The van der Waals surface area contributed by atoms with Crippen molar-refractivity contribution < 1.29 is 0 Å². The maximum absolute atomic E-state index is 5.00. The Bertz CT molecular complexity index is 1660. The molecule has 2 nitrogen and oxygen atoms in total. The molecule has 37 heavy (non-hydrogen) atoms. The van der Waals surface area contributed by atoms with E-state index in [1.54, 1.807) is 0 Å². The van der Waals surface area contributed by atoms with Crippen LogP contribution in [0, 0.1) is 0 Å². The van der Waals surface area contributed by atoms with Crippen LogP contribution in [-0.4, -0.2) is 9.97 Å². The molecule has 1 heterocycles. The van der Waals surface area contributed by atoms with Crippen LogP contribution in [0.15, 0.2) is 144 Å². The van der Waals surface area contributed by atoms with Gasteiger partial charge in [0.2, 0.25) is 0 Å². The van der Waals surface area contributed by atoms with Crippen molar-refractivity contribution in [1.29, 1.82) is 0 Å². The van der Waals surface area contributed by atoms with E-state index in [4.69, 9.17) is 9.97 Å². The summed E-state index contributed by atoms with van der Waals surface area (Å²) in [6.45, 7) is 0.